The number of hydroxylamine groups is 1. The van der Waals surface area contributed by atoms with E-state index >= 15 is 0 Å². The van der Waals surface area contributed by atoms with E-state index in [9.17, 15) is 4.79 Å². The molecule has 4 nitrogen and oxygen atoms in total. The van der Waals surface area contributed by atoms with Crippen LogP contribution in [-0.2, 0) is 9.63 Å². The molecule has 4 heteroatoms. The first kappa shape index (κ1) is 10.3. The lowest BCUT2D eigenvalue weighted by molar-refractivity contribution is -0.114. The first-order valence-corrected chi connectivity index (χ1v) is 3.32. The van der Waals surface area contributed by atoms with E-state index in [0.29, 0.717) is 5.57 Å². The topological polar surface area (TPSA) is 64.3 Å². The van der Waals surface area contributed by atoms with E-state index in [1.165, 1.54) is 0 Å². The molecule has 0 fully saturated rings. The molecule has 0 bridgehead atoms. The van der Waals surface area contributed by atoms with Gasteiger partial charge in [-0.2, -0.15) is 0 Å². The van der Waals surface area contributed by atoms with Crippen molar-refractivity contribution in [2.45, 2.75) is 6.92 Å². The van der Waals surface area contributed by atoms with Gasteiger partial charge in [0.2, 0.25) is 5.91 Å². The molecule has 0 aliphatic carbocycles. The molecule has 0 saturated heterocycles. The Balaban J connectivity index is 0.000000202. The molecule has 0 radical (unpaired) electrons. The highest BCUT2D eigenvalue weighted by molar-refractivity contribution is 5.90. The summed E-state index contributed by atoms with van der Waals surface area (Å²) in [6, 6.07) is 0. The number of primary amides is 1. The highest BCUT2D eigenvalue weighted by Crippen LogP contribution is 1.80. The van der Waals surface area contributed by atoms with Gasteiger partial charge in [-0.05, 0) is 19.1 Å². The fourth-order valence-corrected chi connectivity index (χ4v) is 0.258. The van der Waals surface area contributed by atoms with Crippen LogP contribution in [-0.4, -0.2) is 5.91 Å². The van der Waals surface area contributed by atoms with Gasteiger partial charge in [-0.15, -0.1) is 0 Å². The Bertz CT molecular complexity index is 195. The highest BCUT2D eigenvalue weighted by atomic mass is 16.6. The Hall–Kier alpha value is -1.71. The minimum Gasteiger partial charge on any atom is -0.391 e. The van der Waals surface area contributed by atoms with Crippen LogP contribution in [0, 0.1) is 0 Å². The highest BCUT2D eigenvalue weighted by Gasteiger charge is 1.86. The van der Waals surface area contributed by atoms with Crippen molar-refractivity contribution in [3.63, 3.8) is 0 Å². The molecule has 1 aliphatic rings. The van der Waals surface area contributed by atoms with E-state index in [1.807, 2.05) is 6.08 Å². The van der Waals surface area contributed by atoms with Crippen molar-refractivity contribution in [3.05, 3.63) is 36.8 Å². The van der Waals surface area contributed by atoms with Crippen LogP contribution < -0.4 is 11.2 Å². The summed E-state index contributed by atoms with van der Waals surface area (Å²) in [4.78, 5) is 14.4. The quantitative estimate of drug-likeness (QED) is 0.563. The summed E-state index contributed by atoms with van der Waals surface area (Å²) in [7, 11) is 0. The predicted molar refractivity (Wildman–Crippen MR) is 46.5 cm³/mol. The van der Waals surface area contributed by atoms with Crippen LogP contribution in [0.2, 0.25) is 0 Å². The second-order valence-electron chi connectivity index (χ2n) is 2.07. The zero-order valence-corrected chi connectivity index (χ0v) is 6.91. The maximum atomic E-state index is 9.82. The van der Waals surface area contributed by atoms with Crippen molar-refractivity contribution < 1.29 is 9.63 Å². The molecule has 0 unspecified atom stereocenters. The van der Waals surface area contributed by atoms with Gasteiger partial charge in [0.25, 0.3) is 0 Å². The van der Waals surface area contributed by atoms with Crippen molar-refractivity contribution in [3.8, 4) is 0 Å². The summed E-state index contributed by atoms with van der Waals surface area (Å²) in [5, 5.41) is 0. The molecule has 0 aromatic carbocycles. The molecule has 12 heavy (non-hydrogen) atoms. The van der Waals surface area contributed by atoms with Crippen LogP contribution in [0.4, 0.5) is 0 Å². The van der Waals surface area contributed by atoms with Crippen LogP contribution in [0.5, 0.6) is 0 Å². The zero-order valence-electron chi connectivity index (χ0n) is 6.91. The fourth-order valence-electron chi connectivity index (χ4n) is 0.258. The maximum absolute atomic E-state index is 9.82. The SMILES string of the molecule is C1=CNOC=C1.C=C(C)C(N)=O. The van der Waals surface area contributed by atoms with Gasteiger partial charge in [-0.25, -0.2) is 5.48 Å². The number of nitrogens with two attached hydrogens (primary N) is 1. The standard InChI is InChI=1S/C4H5NO.C4H7NO/c1-2-4-6-5-3-1;1-3(2)4(5)6/h1-5H;1H2,2H3,(H2,5,6). The lowest BCUT2D eigenvalue weighted by atomic mass is 10.3. The van der Waals surface area contributed by atoms with E-state index in [-0.39, 0.29) is 0 Å². The normalized spacial score (nSPS) is 11.8. The van der Waals surface area contributed by atoms with Gasteiger partial charge >= 0.3 is 0 Å². The smallest absolute Gasteiger partial charge is 0.243 e. The van der Waals surface area contributed by atoms with Gasteiger partial charge in [0.1, 0.15) is 6.26 Å². The van der Waals surface area contributed by atoms with Gasteiger partial charge in [0.15, 0.2) is 0 Å². The Morgan fingerprint density at radius 3 is 2.25 bits per heavy atom. The maximum Gasteiger partial charge on any atom is 0.243 e. The van der Waals surface area contributed by atoms with E-state index in [1.54, 1.807) is 25.5 Å². The largest absolute Gasteiger partial charge is 0.391 e. The van der Waals surface area contributed by atoms with Crippen LogP contribution in [0.3, 0.4) is 0 Å². The number of hydrogen-bond donors (Lipinski definition) is 2. The second-order valence-corrected chi connectivity index (χ2v) is 2.07. The van der Waals surface area contributed by atoms with Gasteiger partial charge in [0.05, 0.1) is 0 Å². The Labute approximate surface area is 71.3 Å². The number of amides is 1. The van der Waals surface area contributed by atoms with Crippen molar-refractivity contribution in [1.29, 1.82) is 0 Å². The summed E-state index contributed by atoms with van der Waals surface area (Å²) in [5.74, 6) is -0.435. The minimum atomic E-state index is -0.435. The number of allylic oxidation sites excluding steroid dienone is 2. The molecule has 1 rings (SSSR count). The molecule has 0 atom stereocenters. The van der Waals surface area contributed by atoms with Gasteiger partial charge in [-0.3, -0.25) is 4.79 Å². The minimum absolute atomic E-state index is 0.398. The van der Waals surface area contributed by atoms with Crippen LogP contribution in [0.25, 0.3) is 0 Å². The van der Waals surface area contributed by atoms with Gasteiger partial charge in [-0.1, -0.05) is 6.58 Å². The van der Waals surface area contributed by atoms with E-state index < -0.39 is 5.91 Å². The molecule has 1 amide bonds. The van der Waals surface area contributed by atoms with Crippen LogP contribution >= 0.6 is 0 Å². The average molecular weight is 168 g/mol. The summed E-state index contributed by atoms with van der Waals surface area (Å²) >= 11 is 0. The number of carbonyl (C=O) groups is 1. The second kappa shape index (κ2) is 6.03. The van der Waals surface area contributed by atoms with Gasteiger partial charge in [0, 0.05) is 11.8 Å². The average Bonchev–Trinajstić information content (AvgIpc) is 2.08. The van der Waals surface area contributed by atoms with Crippen molar-refractivity contribution >= 4 is 5.91 Å². The van der Waals surface area contributed by atoms with E-state index in [4.69, 9.17) is 5.73 Å². The molecule has 3 N–H and O–H groups in total. The summed E-state index contributed by atoms with van der Waals surface area (Å²) in [6.07, 6.45) is 6.93. The van der Waals surface area contributed by atoms with Gasteiger partial charge < -0.3 is 10.6 Å². The monoisotopic (exact) mass is 168 g/mol. The third-order valence-electron chi connectivity index (χ3n) is 0.911. The lowest BCUT2D eigenvalue weighted by Gasteiger charge is -1.97. The number of carbonyl (C=O) groups excluding carboxylic acids is 1. The molecule has 0 aromatic heterocycles. The molecule has 1 heterocycles. The van der Waals surface area contributed by atoms with Crippen LogP contribution in [0.15, 0.2) is 36.8 Å². The van der Waals surface area contributed by atoms with Crippen molar-refractivity contribution in [2.75, 3.05) is 0 Å². The van der Waals surface area contributed by atoms with Crippen LogP contribution in [0.1, 0.15) is 6.92 Å². The Kier molecular flexibility index (Phi) is 5.17. The fraction of sp³-hybridized carbons (Fsp3) is 0.125. The van der Waals surface area contributed by atoms with Crippen molar-refractivity contribution in [2.24, 2.45) is 5.73 Å². The molecule has 1 aliphatic heterocycles. The van der Waals surface area contributed by atoms with E-state index in [2.05, 4.69) is 16.9 Å². The molecular weight excluding hydrogens is 156 g/mol. The lowest BCUT2D eigenvalue weighted by Crippen LogP contribution is -2.10. The molecule has 0 saturated carbocycles. The van der Waals surface area contributed by atoms with E-state index in [0.717, 1.165) is 0 Å². The molecular formula is C8H12N2O2. The predicted octanol–water partition coefficient (Wildman–Crippen LogP) is 0.596. The number of nitrogens with one attached hydrogen (secondary N) is 1. The summed E-state index contributed by atoms with van der Waals surface area (Å²) in [6.45, 7) is 4.85. The molecule has 0 aromatic rings. The first-order valence-electron chi connectivity index (χ1n) is 3.32. The third kappa shape index (κ3) is 6.41. The Morgan fingerprint density at radius 1 is 1.58 bits per heavy atom. The third-order valence-corrected chi connectivity index (χ3v) is 0.911. The number of rotatable bonds is 1. The first-order chi connectivity index (χ1) is 5.64. The van der Waals surface area contributed by atoms with Crippen molar-refractivity contribution in [1.82, 2.24) is 5.48 Å². The molecule has 66 valence electrons. The summed E-state index contributed by atoms with van der Waals surface area (Å²) in [5.41, 5.74) is 7.61. The zero-order chi connectivity index (χ0) is 9.40. The Morgan fingerprint density at radius 2 is 2.17 bits per heavy atom. The number of hydrogen-bond acceptors (Lipinski definition) is 3. The molecule has 0 spiro atoms. The summed E-state index contributed by atoms with van der Waals surface area (Å²) < 4.78 is 0.